The summed E-state index contributed by atoms with van der Waals surface area (Å²) in [6.07, 6.45) is 0. The molecule has 6 nitrogen and oxygen atoms in total. The van der Waals surface area contributed by atoms with Gasteiger partial charge in [0.1, 0.15) is 22.7 Å². The second-order valence-electron chi connectivity index (χ2n) is 18.4. The summed E-state index contributed by atoms with van der Waals surface area (Å²) in [4.78, 5) is 12.5. The quantitative estimate of drug-likeness (QED) is 0.0843. The molecule has 0 aromatic heterocycles. The zero-order chi connectivity index (χ0) is 48.7. The minimum absolute atomic E-state index is 0.725. The normalized spacial score (nSPS) is 10.9. The number of benzene rings is 9. The number of aliphatic imine (C=N–C) groups is 1. The van der Waals surface area contributed by atoms with E-state index in [9.17, 15) is 0 Å². The summed E-state index contributed by atoms with van der Waals surface area (Å²) in [5.41, 5.74) is 19.3. The Morgan fingerprint density at radius 1 is 0.300 bits per heavy atom. The van der Waals surface area contributed by atoms with Crippen molar-refractivity contribution in [2.24, 2.45) is 4.99 Å². The van der Waals surface area contributed by atoms with Crippen molar-refractivity contribution in [2.75, 3.05) is 20.0 Å². The van der Waals surface area contributed by atoms with Gasteiger partial charge in [-0.05, 0) is 177 Å². The molecule has 0 saturated carbocycles. The molecular weight excluding hydrogens is 853 g/mol. The monoisotopic (exact) mass is 913 g/mol. The van der Waals surface area contributed by atoms with Gasteiger partial charge in [0.25, 0.3) is 0 Å². The second kappa shape index (κ2) is 20.8. The Hall–Kier alpha value is -8.48. The second-order valence-corrected chi connectivity index (χ2v) is 18.4. The van der Waals surface area contributed by atoms with Crippen LogP contribution in [0.1, 0.15) is 44.5 Å². The highest BCUT2D eigenvalue weighted by Gasteiger charge is 2.31. The van der Waals surface area contributed by atoms with E-state index >= 15 is 0 Å². The van der Waals surface area contributed by atoms with Gasteiger partial charge in [0.05, 0.1) is 11.4 Å². The summed E-state index contributed by atoms with van der Waals surface area (Å²) in [7, 11) is 0. The molecule has 6 heteroatoms. The van der Waals surface area contributed by atoms with Crippen LogP contribution >= 0.6 is 0 Å². The maximum atomic E-state index is 5.68. The summed E-state index contributed by atoms with van der Waals surface area (Å²) in [5, 5.41) is 3.98. The molecule has 9 rings (SSSR count). The number of nitrogens with zero attached hydrogens (tertiary/aromatic N) is 5. The van der Waals surface area contributed by atoms with E-state index in [1.54, 1.807) is 0 Å². The van der Waals surface area contributed by atoms with Crippen LogP contribution in [0.25, 0.3) is 0 Å². The zero-order valence-corrected chi connectivity index (χ0v) is 41.5. The molecule has 0 atom stereocenters. The molecular formula is C64H61N6+. The molecule has 0 amide bonds. The highest BCUT2D eigenvalue weighted by Crippen LogP contribution is 2.37. The lowest BCUT2D eigenvalue weighted by molar-refractivity contribution is 1.04. The third kappa shape index (κ3) is 10.8. The molecule has 0 aliphatic rings. The van der Waals surface area contributed by atoms with Gasteiger partial charge in [-0.3, -0.25) is 9.80 Å². The molecule has 0 radical (unpaired) electrons. The largest absolute Gasteiger partial charge is 0.373 e. The highest BCUT2D eigenvalue weighted by molar-refractivity contribution is 6.17. The number of hydrogen-bond donors (Lipinski definition) is 1. The van der Waals surface area contributed by atoms with Crippen LogP contribution in [0.3, 0.4) is 0 Å². The van der Waals surface area contributed by atoms with Gasteiger partial charge in [-0.15, -0.1) is 0 Å². The van der Waals surface area contributed by atoms with E-state index in [-0.39, 0.29) is 0 Å². The number of aryl methyl sites for hydroxylation is 8. The predicted octanol–water partition coefficient (Wildman–Crippen LogP) is 17.0. The fourth-order valence-corrected chi connectivity index (χ4v) is 8.37. The molecule has 70 heavy (non-hydrogen) atoms. The summed E-state index contributed by atoms with van der Waals surface area (Å²) < 4.78 is 2.31. The van der Waals surface area contributed by atoms with Crippen LogP contribution in [0.15, 0.2) is 223 Å². The van der Waals surface area contributed by atoms with Crippen LogP contribution in [0.4, 0.5) is 56.9 Å². The Labute approximate surface area is 414 Å². The lowest BCUT2D eigenvalue weighted by Crippen LogP contribution is -2.40. The van der Waals surface area contributed by atoms with Crippen molar-refractivity contribution in [3.05, 3.63) is 263 Å². The van der Waals surface area contributed by atoms with Crippen molar-refractivity contribution in [3.63, 3.8) is 0 Å². The summed E-state index contributed by atoms with van der Waals surface area (Å²) in [6, 6.07) is 78.2. The third-order valence-electron chi connectivity index (χ3n) is 12.5. The fraction of sp³-hybridized carbons (Fsp3) is 0.125. The summed E-state index contributed by atoms with van der Waals surface area (Å²) in [5.74, 6) is 1.57. The topological polar surface area (TPSA) is 37.1 Å². The van der Waals surface area contributed by atoms with Crippen molar-refractivity contribution in [1.82, 2.24) is 4.58 Å². The molecule has 0 fully saturated rings. The summed E-state index contributed by atoms with van der Waals surface area (Å²) >= 11 is 0. The highest BCUT2D eigenvalue weighted by atomic mass is 15.4. The van der Waals surface area contributed by atoms with E-state index in [0.717, 1.165) is 68.8 Å². The van der Waals surface area contributed by atoms with Crippen molar-refractivity contribution in [2.45, 2.75) is 55.4 Å². The smallest absolute Gasteiger partial charge is 0.280 e. The molecule has 9 aromatic carbocycles. The molecule has 0 aliphatic carbocycles. The van der Waals surface area contributed by atoms with E-state index < -0.39 is 0 Å². The standard InChI is InChI=1S/C64H60N6/c1-45-9-29-55(30-10-45)67(56-31-11-46(2)12-32-56)63(68(57-33-13-47(3)14-34-57)58-35-15-48(4)16-36-58)65-53-25-27-54(28-26-53)66-64(69(59-37-17-49(5)18-38-59)60-39-19-50(6)20-40-60)70(61-41-21-51(7)22-42-61)62-43-23-52(8)24-44-62/h9-44H,1-8H3/p+1. The van der Waals surface area contributed by atoms with Crippen LogP contribution in [0.2, 0.25) is 0 Å². The van der Waals surface area contributed by atoms with Gasteiger partial charge in [-0.25, -0.2) is 10.3 Å². The molecule has 0 aliphatic heterocycles. The summed E-state index contributed by atoms with van der Waals surface area (Å²) in [6.45, 7) is 17.0. The minimum Gasteiger partial charge on any atom is -0.280 e. The maximum Gasteiger partial charge on any atom is 0.373 e. The molecule has 346 valence electrons. The van der Waals surface area contributed by atoms with Gasteiger partial charge in [0, 0.05) is 22.7 Å². The van der Waals surface area contributed by atoms with Crippen molar-refractivity contribution >= 4 is 68.8 Å². The van der Waals surface area contributed by atoms with Crippen LogP contribution in [0, 0.1) is 55.4 Å². The lowest BCUT2D eigenvalue weighted by Gasteiger charge is -2.35. The van der Waals surface area contributed by atoms with E-state index in [4.69, 9.17) is 4.99 Å². The Balaban J connectivity index is 1.25. The van der Waals surface area contributed by atoms with E-state index in [1.807, 2.05) is 0 Å². The lowest BCUT2D eigenvalue weighted by atomic mass is 10.1. The predicted molar refractivity (Wildman–Crippen MR) is 299 cm³/mol. The van der Waals surface area contributed by atoms with Gasteiger partial charge in [0.15, 0.2) is 0 Å². The Kier molecular flexibility index (Phi) is 13.9. The SMILES string of the molecule is Cc1ccc(N(C(=Nc2ccc(NC(N(c3ccc(C)cc3)c3ccc(C)cc3)=[N+](c3ccc(C)cc3)c3ccc(C)cc3)cc2)N(c2ccc(C)cc2)c2ccc(C)cc2)c2ccc(C)cc2)cc1. The van der Waals surface area contributed by atoms with Crippen LogP contribution < -0.4 is 24.6 Å². The van der Waals surface area contributed by atoms with Crippen molar-refractivity contribution < 1.29 is 0 Å². The fourth-order valence-electron chi connectivity index (χ4n) is 8.37. The minimum atomic E-state index is 0.725. The molecule has 0 bridgehead atoms. The van der Waals surface area contributed by atoms with E-state index in [2.05, 4.69) is 298 Å². The van der Waals surface area contributed by atoms with Crippen LogP contribution in [0.5, 0.6) is 0 Å². The van der Waals surface area contributed by atoms with Crippen LogP contribution in [-0.4, -0.2) is 11.9 Å². The van der Waals surface area contributed by atoms with Gasteiger partial charge in [-0.2, -0.15) is 9.48 Å². The van der Waals surface area contributed by atoms with E-state index in [1.165, 1.54) is 44.5 Å². The first-order valence-corrected chi connectivity index (χ1v) is 24.0. The Morgan fingerprint density at radius 2 is 0.543 bits per heavy atom. The number of rotatable bonds is 10. The van der Waals surface area contributed by atoms with E-state index in [0.29, 0.717) is 0 Å². The average molecular weight is 914 g/mol. The van der Waals surface area contributed by atoms with Gasteiger partial charge < -0.3 is 0 Å². The van der Waals surface area contributed by atoms with Gasteiger partial charge in [0.2, 0.25) is 5.96 Å². The van der Waals surface area contributed by atoms with Gasteiger partial charge in [-0.1, -0.05) is 142 Å². The first kappa shape index (κ1) is 46.6. The zero-order valence-electron chi connectivity index (χ0n) is 41.5. The van der Waals surface area contributed by atoms with Crippen molar-refractivity contribution in [3.8, 4) is 0 Å². The molecule has 0 unspecified atom stereocenters. The average Bonchev–Trinajstić information content (AvgIpc) is 3.37. The first-order chi connectivity index (χ1) is 33.9. The molecule has 1 N–H and O–H groups in total. The molecule has 9 aromatic rings. The van der Waals surface area contributed by atoms with Crippen molar-refractivity contribution in [1.29, 1.82) is 0 Å². The number of hydrogen-bond acceptors (Lipinski definition) is 1. The van der Waals surface area contributed by atoms with Gasteiger partial charge >= 0.3 is 5.96 Å². The Bertz CT molecular complexity index is 2950. The number of guanidine groups is 2. The number of anilines is 7. The first-order valence-electron chi connectivity index (χ1n) is 24.0. The third-order valence-corrected chi connectivity index (χ3v) is 12.5. The number of nitrogens with one attached hydrogen (secondary N) is 1. The Morgan fingerprint density at radius 3 is 0.814 bits per heavy atom. The molecule has 0 saturated heterocycles. The van der Waals surface area contributed by atoms with Crippen LogP contribution in [-0.2, 0) is 0 Å². The molecule has 0 spiro atoms. The molecule has 0 heterocycles. The maximum absolute atomic E-state index is 5.68.